The van der Waals surface area contributed by atoms with Gasteiger partial charge in [0.2, 0.25) is 0 Å². The lowest BCUT2D eigenvalue weighted by Crippen LogP contribution is -2.05. The molecule has 1 nitrogen and oxygen atoms in total. The van der Waals surface area contributed by atoms with Gasteiger partial charge in [0, 0.05) is 0 Å². The molecule has 7 heteroatoms. The van der Waals surface area contributed by atoms with Gasteiger partial charge in [0.25, 0.3) is 0 Å². The Morgan fingerprint density at radius 3 is 2.08 bits per heavy atom. The lowest BCUT2D eigenvalue weighted by Gasteiger charge is -2.00. The number of hydrogen-bond acceptors (Lipinski definition) is 2. The van der Waals surface area contributed by atoms with Crippen molar-refractivity contribution in [3.05, 3.63) is 14.5 Å². The largest absolute Gasteiger partial charge is 0.435 e. The molecule has 0 aliphatic rings. The van der Waals surface area contributed by atoms with E-state index in [1.165, 1.54) is 6.92 Å². The number of aryl methyl sites for hydroxylation is 1. The molecule has 1 aromatic rings. The van der Waals surface area contributed by atoms with E-state index in [2.05, 4.69) is 20.9 Å². The summed E-state index contributed by atoms with van der Waals surface area (Å²) in [5.74, 6) is 0. The molecule has 12 heavy (non-hydrogen) atoms. The van der Waals surface area contributed by atoms with E-state index in [9.17, 15) is 13.2 Å². The highest BCUT2D eigenvalue weighted by molar-refractivity contribution is 9.11. The van der Waals surface area contributed by atoms with E-state index in [0.717, 1.165) is 11.3 Å². The summed E-state index contributed by atoms with van der Waals surface area (Å²) >= 11 is 3.77. The van der Waals surface area contributed by atoms with Gasteiger partial charge in [0.05, 0.1) is 5.01 Å². The van der Waals surface area contributed by atoms with E-state index in [0.29, 0.717) is 5.01 Å². The SMILES string of the molecule is Br.Cc1nc(C(F)(F)F)c(Br)s1. The minimum Gasteiger partial charge on any atom is -0.236 e. The van der Waals surface area contributed by atoms with Crippen LogP contribution in [0.1, 0.15) is 10.7 Å². The molecule has 0 saturated heterocycles. The van der Waals surface area contributed by atoms with Crippen LogP contribution in [0, 0.1) is 6.92 Å². The van der Waals surface area contributed by atoms with Crippen molar-refractivity contribution in [2.75, 3.05) is 0 Å². The third-order valence-corrected chi connectivity index (χ3v) is 2.58. The molecule has 0 spiro atoms. The van der Waals surface area contributed by atoms with Gasteiger partial charge in [-0.15, -0.1) is 28.3 Å². The predicted octanol–water partition coefficient (Wildman–Crippen LogP) is 3.81. The number of nitrogens with zero attached hydrogens (tertiary/aromatic N) is 1. The Labute approximate surface area is 89.9 Å². The van der Waals surface area contributed by atoms with E-state index in [4.69, 9.17) is 0 Å². The van der Waals surface area contributed by atoms with Crippen molar-refractivity contribution in [1.82, 2.24) is 4.98 Å². The maximum absolute atomic E-state index is 12.0. The average Bonchev–Trinajstić information content (AvgIpc) is 2.08. The first kappa shape index (κ1) is 12.4. The Balaban J connectivity index is 0.00000121. The summed E-state index contributed by atoms with van der Waals surface area (Å²) in [6.07, 6.45) is -4.34. The fourth-order valence-electron chi connectivity index (χ4n) is 0.577. The lowest BCUT2D eigenvalue weighted by molar-refractivity contribution is -0.141. The molecule has 0 aliphatic heterocycles. The zero-order valence-corrected chi connectivity index (χ0v) is 9.89. The zero-order chi connectivity index (χ0) is 8.65. The molecule has 0 aliphatic carbocycles. The molecule has 0 amide bonds. The molecule has 1 heterocycles. The number of halogens is 5. The lowest BCUT2D eigenvalue weighted by atomic mass is 10.5. The molecule has 0 fully saturated rings. The van der Waals surface area contributed by atoms with E-state index in [-0.39, 0.29) is 20.8 Å². The second kappa shape index (κ2) is 4.06. The highest BCUT2D eigenvalue weighted by Gasteiger charge is 2.36. The summed E-state index contributed by atoms with van der Waals surface area (Å²) < 4.78 is 36.0. The van der Waals surface area contributed by atoms with Crippen molar-refractivity contribution in [2.45, 2.75) is 13.1 Å². The highest BCUT2D eigenvalue weighted by atomic mass is 79.9. The van der Waals surface area contributed by atoms with Gasteiger partial charge in [-0.25, -0.2) is 4.98 Å². The molecule has 0 aromatic carbocycles. The predicted molar refractivity (Wildman–Crippen MR) is 49.9 cm³/mol. The standard InChI is InChI=1S/C5H3BrF3NS.BrH/c1-2-10-3(4(6)11-2)5(7,8)9;/h1H3;1H. The molecule has 0 N–H and O–H groups in total. The van der Waals surface area contributed by atoms with Crippen LogP contribution >= 0.6 is 44.2 Å². The van der Waals surface area contributed by atoms with Gasteiger partial charge in [-0.05, 0) is 22.9 Å². The highest BCUT2D eigenvalue weighted by Crippen LogP contribution is 2.37. The molecule has 1 aromatic heterocycles. The summed E-state index contributed by atoms with van der Waals surface area (Å²) in [5, 5.41) is 0.407. The minimum absolute atomic E-state index is 0. The van der Waals surface area contributed by atoms with Crippen LogP contribution < -0.4 is 0 Å². The van der Waals surface area contributed by atoms with Crippen LogP contribution in [-0.2, 0) is 6.18 Å². The molecule has 70 valence electrons. The van der Waals surface area contributed by atoms with Crippen molar-refractivity contribution in [2.24, 2.45) is 0 Å². The zero-order valence-electron chi connectivity index (χ0n) is 5.78. The van der Waals surface area contributed by atoms with E-state index in [1.807, 2.05) is 0 Å². The van der Waals surface area contributed by atoms with Crippen LogP contribution in [0.15, 0.2) is 3.79 Å². The molecule has 0 atom stereocenters. The molecular formula is C5H4Br2F3NS. The first-order valence-corrected chi connectivity index (χ1v) is 4.22. The van der Waals surface area contributed by atoms with E-state index in [1.54, 1.807) is 0 Å². The monoisotopic (exact) mass is 325 g/mol. The maximum Gasteiger partial charge on any atom is 0.435 e. The second-order valence-corrected chi connectivity index (χ2v) is 4.37. The van der Waals surface area contributed by atoms with Crippen LogP contribution in [0.25, 0.3) is 0 Å². The Bertz CT molecular complexity index is 270. The van der Waals surface area contributed by atoms with Crippen LogP contribution in [0.2, 0.25) is 0 Å². The molecule has 1 rings (SSSR count). The number of thiazole rings is 1. The third-order valence-electron chi connectivity index (χ3n) is 0.961. The third kappa shape index (κ3) is 2.70. The summed E-state index contributed by atoms with van der Waals surface area (Å²) in [4.78, 5) is 3.33. The van der Waals surface area contributed by atoms with Crippen molar-refractivity contribution in [3.63, 3.8) is 0 Å². The Hall–Kier alpha value is 0.380. The normalized spacial score (nSPS) is 11.1. The minimum atomic E-state index is -4.34. The summed E-state index contributed by atoms with van der Waals surface area (Å²) in [7, 11) is 0. The first-order valence-electron chi connectivity index (χ1n) is 2.61. The van der Waals surface area contributed by atoms with E-state index >= 15 is 0 Å². The van der Waals surface area contributed by atoms with Gasteiger partial charge in [-0.3, -0.25) is 0 Å². The summed E-state index contributed by atoms with van der Waals surface area (Å²) in [5.41, 5.74) is -0.833. The summed E-state index contributed by atoms with van der Waals surface area (Å²) in [6, 6.07) is 0. The fourth-order valence-corrected chi connectivity index (χ4v) is 2.25. The van der Waals surface area contributed by atoms with Gasteiger partial charge in [-0.1, -0.05) is 0 Å². The smallest absolute Gasteiger partial charge is 0.236 e. The molecule has 0 radical (unpaired) electrons. The van der Waals surface area contributed by atoms with Gasteiger partial charge in [0.1, 0.15) is 3.79 Å². The van der Waals surface area contributed by atoms with Crippen LogP contribution in [-0.4, -0.2) is 4.98 Å². The van der Waals surface area contributed by atoms with Crippen molar-refractivity contribution in [1.29, 1.82) is 0 Å². The van der Waals surface area contributed by atoms with E-state index < -0.39 is 11.9 Å². The number of hydrogen-bond donors (Lipinski definition) is 0. The van der Waals surface area contributed by atoms with Crippen LogP contribution in [0.3, 0.4) is 0 Å². The summed E-state index contributed by atoms with van der Waals surface area (Å²) in [6.45, 7) is 1.53. The van der Waals surface area contributed by atoms with Gasteiger partial charge >= 0.3 is 6.18 Å². The number of aromatic nitrogens is 1. The first-order chi connectivity index (χ1) is 4.91. The van der Waals surface area contributed by atoms with Crippen LogP contribution in [0.5, 0.6) is 0 Å². The van der Waals surface area contributed by atoms with Crippen molar-refractivity contribution in [3.8, 4) is 0 Å². The second-order valence-electron chi connectivity index (χ2n) is 1.85. The van der Waals surface area contributed by atoms with Crippen LogP contribution in [0.4, 0.5) is 13.2 Å². The topological polar surface area (TPSA) is 12.9 Å². The maximum atomic E-state index is 12.0. The van der Waals surface area contributed by atoms with Gasteiger partial charge in [-0.2, -0.15) is 13.2 Å². The van der Waals surface area contributed by atoms with Gasteiger partial charge in [0.15, 0.2) is 5.69 Å². The number of alkyl halides is 3. The number of rotatable bonds is 0. The van der Waals surface area contributed by atoms with Gasteiger partial charge < -0.3 is 0 Å². The molecule has 0 saturated carbocycles. The Morgan fingerprint density at radius 1 is 1.42 bits per heavy atom. The molecular weight excluding hydrogens is 323 g/mol. The fraction of sp³-hybridized carbons (Fsp3) is 0.400. The Morgan fingerprint density at radius 2 is 1.92 bits per heavy atom. The Kier molecular flexibility index (Phi) is 4.19. The molecule has 0 bridgehead atoms. The average molecular weight is 327 g/mol. The van der Waals surface area contributed by atoms with Crippen molar-refractivity contribution < 1.29 is 13.2 Å². The quantitative estimate of drug-likeness (QED) is 0.706. The van der Waals surface area contributed by atoms with Crippen molar-refractivity contribution >= 4 is 44.2 Å². The molecule has 0 unspecified atom stereocenters.